The van der Waals surface area contributed by atoms with E-state index in [1.54, 1.807) is 0 Å². The van der Waals surface area contributed by atoms with Crippen molar-refractivity contribution >= 4 is 17.3 Å². The lowest BCUT2D eigenvalue weighted by atomic mass is 9.80. The van der Waals surface area contributed by atoms with Crippen molar-refractivity contribution in [2.75, 3.05) is 6.54 Å². The lowest BCUT2D eigenvalue weighted by Gasteiger charge is -2.43. The molecule has 3 heteroatoms. The summed E-state index contributed by atoms with van der Waals surface area (Å²) in [4.78, 5) is 17.5. The summed E-state index contributed by atoms with van der Waals surface area (Å²) in [5, 5.41) is 1.30. The molecular formula is C20H18N2O. The number of nitrogens with one attached hydrogen (secondary N) is 1. The van der Waals surface area contributed by atoms with Gasteiger partial charge in [-0.3, -0.25) is 4.79 Å². The zero-order valence-electron chi connectivity index (χ0n) is 12.9. The van der Waals surface area contributed by atoms with E-state index in [1.807, 2.05) is 4.90 Å². The number of fused-ring (bicyclic) bond motifs is 6. The maximum Gasteiger partial charge on any atom is 0.210 e. The van der Waals surface area contributed by atoms with Crippen molar-refractivity contribution in [2.24, 2.45) is 0 Å². The normalized spacial score (nSPS) is 22.3. The van der Waals surface area contributed by atoms with Gasteiger partial charge < -0.3 is 9.88 Å². The third-order valence-electron chi connectivity index (χ3n) is 5.67. The molecule has 0 saturated heterocycles. The maximum absolute atomic E-state index is 11.9. The zero-order chi connectivity index (χ0) is 15.4. The number of carbonyl (C=O) groups excluding carboxylic acids is 1. The number of aromatic amines is 1. The van der Waals surface area contributed by atoms with Crippen LogP contribution in [0.3, 0.4) is 0 Å². The lowest BCUT2D eigenvalue weighted by molar-refractivity contribution is -0.123. The van der Waals surface area contributed by atoms with Gasteiger partial charge in [0.05, 0.1) is 5.69 Å². The molecule has 3 nitrogen and oxygen atoms in total. The second-order valence-corrected chi connectivity index (χ2v) is 6.59. The Morgan fingerprint density at radius 2 is 1.87 bits per heavy atom. The predicted octanol–water partition coefficient (Wildman–Crippen LogP) is 3.37. The van der Waals surface area contributed by atoms with Crippen LogP contribution in [0.5, 0.6) is 0 Å². The Labute approximate surface area is 134 Å². The van der Waals surface area contributed by atoms with Gasteiger partial charge in [0.1, 0.15) is 5.54 Å². The van der Waals surface area contributed by atoms with E-state index in [-0.39, 0.29) is 5.54 Å². The quantitative estimate of drug-likeness (QED) is 0.687. The van der Waals surface area contributed by atoms with Gasteiger partial charge in [-0.05, 0) is 42.0 Å². The first-order chi connectivity index (χ1) is 11.3. The summed E-state index contributed by atoms with van der Waals surface area (Å²) < 4.78 is 0. The van der Waals surface area contributed by atoms with Gasteiger partial charge in [0.2, 0.25) is 6.41 Å². The Bertz CT molecular complexity index is 926. The molecule has 1 aliphatic carbocycles. The highest BCUT2D eigenvalue weighted by Crippen LogP contribution is 2.50. The first-order valence-electron chi connectivity index (χ1n) is 8.25. The molecular weight excluding hydrogens is 284 g/mol. The summed E-state index contributed by atoms with van der Waals surface area (Å²) in [5.74, 6) is 0. The minimum Gasteiger partial charge on any atom is -0.356 e. The monoisotopic (exact) mass is 302 g/mol. The molecule has 1 unspecified atom stereocenters. The molecule has 0 saturated carbocycles. The van der Waals surface area contributed by atoms with Crippen LogP contribution in [-0.4, -0.2) is 22.8 Å². The number of hydrogen-bond donors (Lipinski definition) is 1. The van der Waals surface area contributed by atoms with Crippen molar-refractivity contribution < 1.29 is 4.79 Å². The molecule has 2 aromatic carbocycles. The van der Waals surface area contributed by atoms with Crippen LogP contribution in [0.2, 0.25) is 0 Å². The topological polar surface area (TPSA) is 36.1 Å². The molecule has 1 amide bonds. The molecule has 0 fully saturated rings. The molecule has 2 aliphatic rings. The highest BCUT2D eigenvalue weighted by atomic mass is 16.1. The van der Waals surface area contributed by atoms with Gasteiger partial charge in [0, 0.05) is 17.4 Å². The van der Waals surface area contributed by atoms with Crippen molar-refractivity contribution in [3.8, 4) is 0 Å². The van der Waals surface area contributed by atoms with Crippen LogP contribution in [0.15, 0.2) is 48.5 Å². The third kappa shape index (κ3) is 1.52. The van der Waals surface area contributed by atoms with Crippen molar-refractivity contribution in [2.45, 2.75) is 24.8 Å². The predicted molar refractivity (Wildman–Crippen MR) is 90.3 cm³/mol. The SMILES string of the molecule is O=CN1CCc2c([nH]c3ccccc23)C12CCc1ccccc12. The van der Waals surface area contributed by atoms with E-state index in [0.717, 1.165) is 32.2 Å². The molecule has 1 atom stereocenters. The number of aryl methyl sites for hydroxylation is 1. The number of H-pyrrole nitrogens is 1. The van der Waals surface area contributed by atoms with Gasteiger partial charge in [-0.1, -0.05) is 42.5 Å². The molecule has 0 bridgehead atoms. The Morgan fingerprint density at radius 3 is 2.78 bits per heavy atom. The Hall–Kier alpha value is -2.55. The standard InChI is InChI=1S/C20H18N2O/c23-13-22-12-10-16-15-6-2-4-8-18(15)21-19(16)20(22)11-9-14-5-1-3-7-17(14)20/h1-8,13,21H,9-12H2. The summed E-state index contributed by atoms with van der Waals surface area (Å²) in [6, 6.07) is 17.1. The summed E-state index contributed by atoms with van der Waals surface area (Å²) in [6.07, 6.45) is 3.94. The van der Waals surface area contributed by atoms with Crippen LogP contribution in [0.1, 0.15) is 28.8 Å². The van der Waals surface area contributed by atoms with Crippen LogP contribution >= 0.6 is 0 Å². The number of para-hydroxylation sites is 1. The van der Waals surface area contributed by atoms with E-state index in [4.69, 9.17) is 0 Å². The summed E-state index contributed by atoms with van der Waals surface area (Å²) in [6.45, 7) is 0.784. The summed E-state index contributed by atoms with van der Waals surface area (Å²) in [7, 11) is 0. The molecule has 3 aromatic rings. The third-order valence-corrected chi connectivity index (χ3v) is 5.67. The number of benzene rings is 2. The highest BCUT2D eigenvalue weighted by molar-refractivity contribution is 5.86. The summed E-state index contributed by atoms with van der Waals surface area (Å²) >= 11 is 0. The first kappa shape index (κ1) is 12.9. The molecule has 1 N–H and O–H groups in total. The largest absolute Gasteiger partial charge is 0.356 e. The Morgan fingerprint density at radius 1 is 1.04 bits per heavy atom. The van der Waals surface area contributed by atoms with Gasteiger partial charge in [0.25, 0.3) is 0 Å². The number of hydrogen-bond acceptors (Lipinski definition) is 1. The van der Waals surface area contributed by atoms with Crippen LogP contribution in [0.25, 0.3) is 10.9 Å². The van der Waals surface area contributed by atoms with Crippen molar-refractivity contribution in [1.82, 2.24) is 9.88 Å². The van der Waals surface area contributed by atoms with Gasteiger partial charge in [0.15, 0.2) is 0 Å². The molecule has 2 heterocycles. The molecule has 1 aliphatic heterocycles. The number of carbonyl (C=O) groups is 1. The second kappa shape index (κ2) is 4.48. The van der Waals surface area contributed by atoms with Crippen LogP contribution in [-0.2, 0) is 23.2 Å². The highest BCUT2D eigenvalue weighted by Gasteiger charge is 2.49. The second-order valence-electron chi connectivity index (χ2n) is 6.59. The molecule has 114 valence electrons. The lowest BCUT2D eigenvalue weighted by Crippen LogP contribution is -2.49. The zero-order valence-corrected chi connectivity index (χ0v) is 12.9. The number of nitrogens with zero attached hydrogens (tertiary/aromatic N) is 1. The van der Waals surface area contributed by atoms with E-state index in [0.29, 0.717) is 0 Å². The van der Waals surface area contributed by atoms with Crippen LogP contribution in [0, 0.1) is 0 Å². The fraction of sp³-hybridized carbons (Fsp3) is 0.250. The molecule has 23 heavy (non-hydrogen) atoms. The summed E-state index contributed by atoms with van der Waals surface area (Å²) in [5.41, 5.74) is 6.13. The average molecular weight is 302 g/mol. The average Bonchev–Trinajstić information content (AvgIpc) is 3.16. The van der Waals surface area contributed by atoms with E-state index >= 15 is 0 Å². The minimum absolute atomic E-state index is 0.315. The van der Waals surface area contributed by atoms with E-state index in [1.165, 1.54) is 33.3 Å². The van der Waals surface area contributed by atoms with Gasteiger partial charge in [-0.25, -0.2) is 0 Å². The van der Waals surface area contributed by atoms with Gasteiger partial charge in [-0.2, -0.15) is 0 Å². The Balaban J connectivity index is 1.86. The first-order valence-corrected chi connectivity index (χ1v) is 8.25. The molecule has 1 aromatic heterocycles. The molecule has 5 rings (SSSR count). The van der Waals surface area contributed by atoms with E-state index in [2.05, 4.69) is 53.5 Å². The van der Waals surface area contributed by atoms with E-state index < -0.39 is 0 Å². The van der Waals surface area contributed by atoms with Crippen molar-refractivity contribution in [1.29, 1.82) is 0 Å². The number of rotatable bonds is 1. The number of amides is 1. The van der Waals surface area contributed by atoms with Crippen molar-refractivity contribution in [3.05, 3.63) is 70.9 Å². The minimum atomic E-state index is -0.315. The molecule has 0 radical (unpaired) electrons. The van der Waals surface area contributed by atoms with Gasteiger partial charge in [-0.15, -0.1) is 0 Å². The van der Waals surface area contributed by atoms with Crippen molar-refractivity contribution in [3.63, 3.8) is 0 Å². The van der Waals surface area contributed by atoms with Crippen LogP contribution in [0.4, 0.5) is 0 Å². The fourth-order valence-electron chi connectivity index (χ4n) is 4.67. The molecule has 1 spiro atoms. The Kier molecular flexibility index (Phi) is 2.52. The smallest absolute Gasteiger partial charge is 0.210 e. The van der Waals surface area contributed by atoms with Gasteiger partial charge >= 0.3 is 0 Å². The van der Waals surface area contributed by atoms with E-state index in [9.17, 15) is 4.79 Å². The fourth-order valence-corrected chi connectivity index (χ4v) is 4.67. The number of aromatic nitrogens is 1. The van der Waals surface area contributed by atoms with Crippen LogP contribution < -0.4 is 0 Å². The maximum atomic E-state index is 11.9.